The molecule has 0 unspecified atom stereocenters. The minimum Gasteiger partial charge on any atom is -0.469 e. The highest BCUT2D eigenvalue weighted by Gasteiger charge is 2.24. The number of aryl methyl sites for hydroxylation is 1. The van der Waals surface area contributed by atoms with Gasteiger partial charge in [0.2, 0.25) is 0 Å². The molecule has 0 N–H and O–H groups in total. The van der Waals surface area contributed by atoms with Gasteiger partial charge in [-0.25, -0.2) is 0 Å². The predicted octanol–water partition coefficient (Wildman–Crippen LogP) is 1.96. The summed E-state index contributed by atoms with van der Waals surface area (Å²) in [6, 6.07) is 4.00. The van der Waals surface area contributed by atoms with E-state index in [0.717, 1.165) is 18.6 Å². The lowest BCUT2D eigenvalue weighted by molar-refractivity contribution is 0.0706. The number of carbonyl (C=O) groups excluding carboxylic acids is 1. The molecule has 2 rings (SSSR count). The van der Waals surface area contributed by atoms with Crippen LogP contribution in [0.3, 0.4) is 0 Å². The second kappa shape index (κ2) is 4.40. The lowest BCUT2D eigenvalue weighted by Gasteiger charge is -2.28. The first-order chi connectivity index (χ1) is 7.70. The first kappa shape index (κ1) is 10.7. The molecule has 1 saturated heterocycles. The number of hydrogen-bond donors (Lipinski definition) is 0. The molecule has 0 atom stereocenters. The molecule has 16 heavy (non-hydrogen) atoms. The Bertz CT molecular complexity index is 422. The molecule has 1 amide bonds. The number of nitrogens with zero attached hydrogens (tertiary/aromatic N) is 2. The Hall–Kier alpha value is -1.76. The molecule has 0 saturated carbocycles. The molecular formula is C12H14N2O2. The van der Waals surface area contributed by atoms with Gasteiger partial charge in [0.1, 0.15) is 12.0 Å². The Labute approximate surface area is 94.5 Å². The summed E-state index contributed by atoms with van der Waals surface area (Å²) in [6.07, 6.45) is 3.05. The van der Waals surface area contributed by atoms with Crippen molar-refractivity contribution in [2.75, 3.05) is 13.1 Å². The van der Waals surface area contributed by atoms with Crippen molar-refractivity contribution in [2.45, 2.75) is 19.8 Å². The molecular weight excluding hydrogens is 204 g/mol. The maximum absolute atomic E-state index is 12.0. The minimum atomic E-state index is 0.00763. The summed E-state index contributed by atoms with van der Waals surface area (Å²) >= 11 is 0. The molecule has 84 valence electrons. The number of carbonyl (C=O) groups is 1. The van der Waals surface area contributed by atoms with Crippen molar-refractivity contribution in [3.8, 4) is 6.07 Å². The van der Waals surface area contributed by atoms with Crippen LogP contribution in [0, 0.1) is 24.2 Å². The molecule has 0 radical (unpaired) electrons. The van der Waals surface area contributed by atoms with Gasteiger partial charge in [0.15, 0.2) is 0 Å². The van der Waals surface area contributed by atoms with E-state index in [-0.39, 0.29) is 11.8 Å². The minimum absolute atomic E-state index is 0.00763. The summed E-state index contributed by atoms with van der Waals surface area (Å²) in [5.74, 6) is 0.860. The molecule has 0 aromatic carbocycles. The normalized spacial score (nSPS) is 17.1. The summed E-state index contributed by atoms with van der Waals surface area (Å²) in [6.45, 7) is 3.15. The van der Waals surface area contributed by atoms with E-state index in [1.807, 2.05) is 6.92 Å². The molecule has 1 aromatic heterocycles. The van der Waals surface area contributed by atoms with Gasteiger partial charge < -0.3 is 9.32 Å². The second-order valence-corrected chi connectivity index (χ2v) is 4.14. The maximum atomic E-state index is 12.0. The molecule has 0 spiro atoms. The standard InChI is InChI=1S/C12H14N2O2/c1-9-6-11(8-16-9)12(15)14-4-2-10(7-13)3-5-14/h6,8,10H,2-5H2,1H3. The van der Waals surface area contributed by atoms with Gasteiger partial charge >= 0.3 is 0 Å². The highest BCUT2D eigenvalue weighted by Crippen LogP contribution is 2.18. The van der Waals surface area contributed by atoms with E-state index < -0.39 is 0 Å². The van der Waals surface area contributed by atoms with Gasteiger partial charge in [-0.1, -0.05) is 0 Å². The van der Waals surface area contributed by atoms with Crippen LogP contribution in [0.4, 0.5) is 0 Å². The summed E-state index contributed by atoms with van der Waals surface area (Å²) in [7, 11) is 0. The van der Waals surface area contributed by atoms with Crippen molar-refractivity contribution in [3.63, 3.8) is 0 Å². The van der Waals surface area contributed by atoms with Crippen LogP contribution in [0.1, 0.15) is 29.0 Å². The van der Waals surface area contributed by atoms with Crippen LogP contribution in [0.15, 0.2) is 16.7 Å². The summed E-state index contributed by atoms with van der Waals surface area (Å²) in [4.78, 5) is 13.8. The zero-order valence-corrected chi connectivity index (χ0v) is 9.27. The third-order valence-corrected chi connectivity index (χ3v) is 2.94. The molecule has 4 heteroatoms. The smallest absolute Gasteiger partial charge is 0.257 e. The van der Waals surface area contributed by atoms with Crippen LogP contribution >= 0.6 is 0 Å². The topological polar surface area (TPSA) is 57.2 Å². The predicted molar refractivity (Wildman–Crippen MR) is 57.7 cm³/mol. The van der Waals surface area contributed by atoms with Gasteiger partial charge in [0.25, 0.3) is 5.91 Å². The number of nitriles is 1. The van der Waals surface area contributed by atoms with Gasteiger partial charge in [-0.05, 0) is 25.8 Å². The van der Waals surface area contributed by atoms with Gasteiger partial charge in [0.05, 0.1) is 11.6 Å². The number of amides is 1. The Kier molecular flexibility index (Phi) is 2.95. The average Bonchev–Trinajstić information content (AvgIpc) is 2.75. The Morgan fingerprint density at radius 2 is 2.25 bits per heavy atom. The Morgan fingerprint density at radius 1 is 1.56 bits per heavy atom. The van der Waals surface area contributed by atoms with E-state index in [2.05, 4.69) is 6.07 Å². The number of hydrogen-bond acceptors (Lipinski definition) is 3. The van der Waals surface area contributed by atoms with E-state index in [9.17, 15) is 4.79 Å². The maximum Gasteiger partial charge on any atom is 0.257 e. The third kappa shape index (κ3) is 2.08. The van der Waals surface area contributed by atoms with Crippen molar-refractivity contribution in [1.29, 1.82) is 5.26 Å². The number of piperidine rings is 1. The lowest BCUT2D eigenvalue weighted by atomic mass is 9.98. The first-order valence-electron chi connectivity index (χ1n) is 5.44. The number of rotatable bonds is 1. The van der Waals surface area contributed by atoms with E-state index >= 15 is 0 Å². The van der Waals surface area contributed by atoms with Crippen molar-refractivity contribution in [2.24, 2.45) is 5.92 Å². The fraction of sp³-hybridized carbons (Fsp3) is 0.500. The van der Waals surface area contributed by atoms with Gasteiger partial charge in [0, 0.05) is 19.0 Å². The largest absolute Gasteiger partial charge is 0.469 e. The molecule has 1 aliphatic heterocycles. The Balaban J connectivity index is 2.00. The van der Waals surface area contributed by atoms with Crippen molar-refractivity contribution in [3.05, 3.63) is 23.7 Å². The van der Waals surface area contributed by atoms with Crippen LogP contribution < -0.4 is 0 Å². The first-order valence-corrected chi connectivity index (χ1v) is 5.44. The molecule has 0 bridgehead atoms. The zero-order valence-electron chi connectivity index (χ0n) is 9.27. The molecule has 1 aliphatic rings. The Morgan fingerprint density at radius 3 is 2.75 bits per heavy atom. The van der Waals surface area contributed by atoms with Gasteiger partial charge in [-0.2, -0.15) is 5.26 Å². The van der Waals surface area contributed by atoms with Crippen LogP contribution in [0.2, 0.25) is 0 Å². The fourth-order valence-corrected chi connectivity index (χ4v) is 1.95. The van der Waals surface area contributed by atoms with Gasteiger partial charge in [-0.15, -0.1) is 0 Å². The van der Waals surface area contributed by atoms with E-state index in [0.29, 0.717) is 18.7 Å². The van der Waals surface area contributed by atoms with Crippen molar-refractivity contribution in [1.82, 2.24) is 4.90 Å². The number of likely N-dealkylation sites (tertiary alicyclic amines) is 1. The molecule has 1 fully saturated rings. The monoisotopic (exact) mass is 218 g/mol. The average molecular weight is 218 g/mol. The molecule has 2 heterocycles. The summed E-state index contributed by atoms with van der Waals surface area (Å²) in [5, 5.41) is 8.77. The van der Waals surface area contributed by atoms with Gasteiger partial charge in [-0.3, -0.25) is 4.79 Å². The summed E-state index contributed by atoms with van der Waals surface area (Å²) in [5.41, 5.74) is 0.605. The molecule has 4 nitrogen and oxygen atoms in total. The second-order valence-electron chi connectivity index (χ2n) is 4.14. The highest BCUT2D eigenvalue weighted by atomic mass is 16.3. The fourth-order valence-electron chi connectivity index (χ4n) is 1.95. The van der Waals surface area contributed by atoms with Crippen LogP contribution in [-0.4, -0.2) is 23.9 Å². The zero-order chi connectivity index (χ0) is 11.5. The van der Waals surface area contributed by atoms with E-state index in [4.69, 9.17) is 9.68 Å². The number of furan rings is 1. The van der Waals surface area contributed by atoms with Crippen LogP contribution in [0.5, 0.6) is 0 Å². The van der Waals surface area contributed by atoms with E-state index in [1.54, 1.807) is 11.0 Å². The van der Waals surface area contributed by atoms with Crippen molar-refractivity contribution >= 4 is 5.91 Å². The third-order valence-electron chi connectivity index (χ3n) is 2.94. The molecule has 0 aliphatic carbocycles. The van der Waals surface area contributed by atoms with Crippen LogP contribution in [-0.2, 0) is 0 Å². The van der Waals surface area contributed by atoms with Crippen molar-refractivity contribution < 1.29 is 9.21 Å². The highest BCUT2D eigenvalue weighted by molar-refractivity contribution is 5.94. The summed E-state index contributed by atoms with van der Waals surface area (Å²) < 4.78 is 5.12. The molecule has 1 aromatic rings. The van der Waals surface area contributed by atoms with Crippen LogP contribution in [0.25, 0.3) is 0 Å². The van der Waals surface area contributed by atoms with E-state index in [1.165, 1.54) is 6.26 Å². The lowest BCUT2D eigenvalue weighted by Crippen LogP contribution is -2.38. The SMILES string of the molecule is Cc1cc(C(=O)N2CCC(C#N)CC2)co1. The quantitative estimate of drug-likeness (QED) is 0.724.